The van der Waals surface area contributed by atoms with Gasteiger partial charge in [-0.1, -0.05) is 17.7 Å². The van der Waals surface area contributed by atoms with Crippen molar-refractivity contribution in [2.24, 2.45) is 5.92 Å². The fourth-order valence-corrected chi connectivity index (χ4v) is 3.66. The van der Waals surface area contributed by atoms with Gasteiger partial charge < -0.3 is 14.4 Å². The highest BCUT2D eigenvalue weighted by Gasteiger charge is 2.29. The number of Topliss-reactive ketones (excluding diaryl/α,β-unsaturated/α-hetero) is 1. The van der Waals surface area contributed by atoms with Crippen LogP contribution < -0.4 is 9.47 Å². The lowest BCUT2D eigenvalue weighted by molar-refractivity contribution is 0.0650. The van der Waals surface area contributed by atoms with Crippen molar-refractivity contribution in [1.29, 1.82) is 0 Å². The van der Waals surface area contributed by atoms with Gasteiger partial charge in [-0.25, -0.2) is 0 Å². The fourth-order valence-electron chi connectivity index (χ4n) is 3.66. The number of rotatable bonds is 3. The van der Waals surface area contributed by atoms with E-state index in [9.17, 15) is 9.59 Å². The summed E-state index contributed by atoms with van der Waals surface area (Å²) >= 11 is 0. The number of ether oxygens (including phenoxy) is 2. The first-order chi connectivity index (χ1) is 13.1. The summed E-state index contributed by atoms with van der Waals surface area (Å²) in [7, 11) is 0. The Kier molecular flexibility index (Phi) is 4.84. The molecule has 0 bridgehead atoms. The molecule has 1 amide bonds. The molecule has 0 spiro atoms. The number of ketones is 1. The van der Waals surface area contributed by atoms with Crippen LogP contribution in [0.2, 0.25) is 0 Å². The van der Waals surface area contributed by atoms with E-state index in [2.05, 4.69) is 0 Å². The Morgan fingerprint density at radius 3 is 2.22 bits per heavy atom. The van der Waals surface area contributed by atoms with E-state index in [1.165, 1.54) is 0 Å². The Bertz CT molecular complexity index is 851. The molecule has 1 fully saturated rings. The van der Waals surface area contributed by atoms with Gasteiger partial charge in [-0.3, -0.25) is 9.59 Å². The maximum Gasteiger partial charge on any atom is 0.253 e. The van der Waals surface area contributed by atoms with Crippen LogP contribution in [0.4, 0.5) is 0 Å². The number of hydrogen-bond acceptors (Lipinski definition) is 4. The Morgan fingerprint density at radius 2 is 1.52 bits per heavy atom. The molecule has 0 radical (unpaired) electrons. The van der Waals surface area contributed by atoms with Crippen molar-refractivity contribution in [2.45, 2.75) is 19.8 Å². The summed E-state index contributed by atoms with van der Waals surface area (Å²) < 4.78 is 11.1. The molecule has 0 aromatic heterocycles. The van der Waals surface area contributed by atoms with E-state index < -0.39 is 0 Å². The van der Waals surface area contributed by atoms with E-state index in [1.807, 2.05) is 36.1 Å². The van der Waals surface area contributed by atoms with Crippen LogP contribution in [-0.4, -0.2) is 42.9 Å². The van der Waals surface area contributed by atoms with Gasteiger partial charge in [-0.2, -0.15) is 0 Å². The molecule has 2 heterocycles. The molecule has 4 rings (SSSR count). The zero-order valence-corrected chi connectivity index (χ0v) is 15.4. The van der Waals surface area contributed by atoms with Crippen LogP contribution in [0.25, 0.3) is 0 Å². The number of carbonyl (C=O) groups is 2. The third-order valence-corrected chi connectivity index (χ3v) is 5.28. The second-order valence-corrected chi connectivity index (χ2v) is 7.16. The van der Waals surface area contributed by atoms with Gasteiger partial charge in [0.05, 0.1) is 0 Å². The lowest BCUT2D eigenvalue weighted by Gasteiger charge is -2.31. The predicted octanol–water partition coefficient (Wildman–Crippen LogP) is 3.50. The minimum absolute atomic E-state index is 0.0419. The zero-order chi connectivity index (χ0) is 18.8. The van der Waals surface area contributed by atoms with Crippen LogP contribution in [0.3, 0.4) is 0 Å². The van der Waals surface area contributed by atoms with Gasteiger partial charge in [0.15, 0.2) is 17.3 Å². The van der Waals surface area contributed by atoms with Gasteiger partial charge in [0, 0.05) is 30.1 Å². The molecule has 0 N–H and O–H groups in total. The summed E-state index contributed by atoms with van der Waals surface area (Å²) in [5.74, 6) is 1.43. The highest BCUT2D eigenvalue weighted by Crippen LogP contribution is 2.32. The summed E-state index contributed by atoms with van der Waals surface area (Å²) in [5.41, 5.74) is 2.50. The van der Waals surface area contributed by atoms with E-state index in [1.54, 1.807) is 18.2 Å². The number of benzene rings is 2. The van der Waals surface area contributed by atoms with Crippen LogP contribution in [0.15, 0.2) is 42.5 Å². The molecule has 5 nitrogen and oxygen atoms in total. The Hall–Kier alpha value is -2.82. The van der Waals surface area contributed by atoms with Gasteiger partial charge in [0.2, 0.25) is 0 Å². The van der Waals surface area contributed by atoms with Crippen LogP contribution in [-0.2, 0) is 0 Å². The molecule has 0 atom stereocenters. The average molecular weight is 365 g/mol. The summed E-state index contributed by atoms with van der Waals surface area (Å²) in [6.45, 7) is 4.25. The van der Waals surface area contributed by atoms with Gasteiger partial charge in [0.1, 0.15) is 13.2 Å². The highest BCUT2D eigenvalue weighted by atomic mass is 16.6. The molecule has 27 heavy (non-hydrogen) atoms. The largest absolute Gasteiger partial charge is 0.486 e. The molecule has 0 saturated carbocycles. The van der Waals surface area contributed by atoms with E-state index in [4.69, 9.17) is 9.47 Å². The highest BCUT2D eigenvalue weighted by molar-refractivity contribution is 5.99. The molecular formula is C22H23NO4. The first-order valence-electron chi connectivity index (χ1n) is 9.41. The zero-order valence-electron chi connectivity index (χ0n) is 15.4. The summed E-state index contributed by atoms with van der Waals surface area (Å²) in [6, 6.07) is 13.0. The normalized spacial score (nSPS) is 16.9. The van der Waals surface area contributed by atoms with E-state index in [0.29, 0.717) is 61.8 Å². The minimum atomic E-state index is -0.0605. The van der Waals surface area contributed by atoms with E-state index >= 15 is 0 Å². The molecule has 2 aromatic rings. The molecule has 2 aliphatic rings. The molecule has 140 valence electrons. The van der Waals surface area contributed by atoms with Crippen molar-refractivity contribution < 1.29 is 19.1 Å². The Labute approximate surface area is 158 Å². The first kappa shape index (κ1) is 17.6. The smallest absolute Gasteiger partial charge is 0.253 e. The summed E-state index contributed by atoms with van der Waals surface area (Å²) in [4.78, 5) is 27.3. The second kappa shape index (κ2) is 7.43. The van der Waals surface area contributed by atoms with Crippen molar-refractivity contribution in [3.8, 4) is 11.5 Å². The van der Waals surface area contributed by atoms with Crippen LogP contribution in [0, 0.1) is 12.8 Å². The predicted molar refractivity (Wildman–Crippen MR) is 102 cm³/mol. The number of carbonyl (C=O) groups excluding carboxylic acids is 2. The van der Waals surface area contributed by atoms with Crippen LogP contribution in [0.5, 0.6) is 11.5 Å². The monoisotopic (exact) mass is 365 g/mol. The van der Waals surface area contributed by atoms with Crippen molar-refractivity contribution in [2.75, 3.05) is 26.3 Å². The summed E-state index contributed by atoms with van der Waals surface area (Å²) in [5, 5.41) is 0. The number of hydrogen-bond donors (Lipinski definition) is 0. The molecule has 0 aliphatic carbocycles. The Balaban J connectivity index is 1.39. The lowest BCUT2D eigenvalue weighted by atomic mass is 9.88. The third-order valence-electron chi connectivity index (χ3n) is 5.28. The summed E-state index contributed by atoms with van der Waals surface area (Å²) in [6.07, 6.45) is 1.37. The number of likely N-dealkylation sites (tertiary alicyclic amines) is 1. The van der Waals surface area contributed by atoms with Crippen molar-refractivity contribution in [1.82, 2.24) is 4.90 Å². The van der Waals surface area contributed by atoms with E-state index in [-0.39, 0.29) is 17.6 Å². The van der Waals surface area contributed by atoms with Crippen molar-refractivity contribution >= 4 is 11.7 Å². The SMILES string of the molecule is Cc1ccc(C(=O)N2CCC(C(=O)c3ccc4c(c3)OCCO4)CC2)cc1. The first-order valence-corrected chi connectivity index (χ1v) is 9.41. The second-order valence-electron chi connectivity index (χ2n) is 7.16. The fraction of sp³-hybridized carbons (Fsp3) is 0.364. The standard InChI is InChI=1S/C22H23NO4/c1-15-2-4-17(5-3-15)22(25)23-10-8-16(9-11-23)21(24)18-6-7-19-20(14-18)27-13-12-26-19/h2-7,14,16H,8-13H2,1H3. The van der Waals surface area contributed by atoms with Gasteiger partial charge in [-0.05, 0) is 50.1 Å². The van der Waals surface area contributed by atoms with Crippen LogP contribution >= 0.6 is 0 Å². The lowest BCUT2D eigenvalue weighted by Crippen LogP contribution is -2.40. The molecule has 2 aliphatic heterocycles. The molecular weight excluding hydrogens is 342 g/mol. The number of piperidine rings is 1. The molecule has 5 heteroatoms. The number of aryl methyl sites for hydroxylation is 1. The maximum absolute atomic E-state index is 12.9. The number of amides is 1. The number of nitrogens with zero attached hydrogens (tertiary/aromatic N) is 1. The topological polar surface area (TPSA) is 55.8 Å². The van der Waals surface area contributed by atoms with Crippen LogP contribution in [0.1, 0.15) is 39.1 Å². The van der Waals surface area contributed by atoms with Crippen molar-refractivity contribution in [3.05, 3.63) is 59.2 Å². The minimum Gasteiger partial charge on any atom is -0.486 e. The third kappa shape index (κ3) is 3.68. The van der Waals surface area contributed by atoms with Gasteiger partial charge >= 0.3 is 0 Å². The molecule has 1 saturated heterocycles. The van der Waals surface area contributed by atoms with Gasteiger partial charge in [0.25, 0.3) is 5.91 Å². The van der Waals surface area contributed by atoms with Crippen molar-refractivity contribution in [3.63, 3.8) is 0 Å². The average Bonchev–Trinajstić information content (AvgIpc) is 2.73. The van der Waals surface area contributed by atoms with E-state index in [0.717, 1.165) is 5.56 Å². The Morgan fingerprint density at radius 1 is 0.889 bits per heavy atom. The molecule has 2 aromatic carbocycles. The maximum atomic E-state index is 12.9. The quantitative estimate of drug-likeness (QED) is 0.781. The van der Waals surface area contributed by atoms with Gasteiger partial charge in [-0.15, -0.1) is 0 Å². The number of fused-ring (bicyclic) bond motifs is 1. The molecule has 0 unspecified atom stereocenters.